The molecule has 1 heterocycles. The summed E-state index contributed by atoms with van der Waals surface area (Å²) in [6.45, 7) is 0. The molecule has 0 saturated carbocycles. The second kappa shape index (κ2) is 3.83. The van der Waals surface area contributed by atoms with Crippen molar-refractivity contribution in [1.29, 1.82) is 0 Å². The largest absolute Gasteiger partial charge is 0.617 e. The van der Waals surface area contributed by atoms with E-state index in [1.54, 1.807) is 6.07 Å². The van der Waals surface area contributed by atoms with Gasteiger partial charge in [0.25, 0.3) is 0 Å². The van der Waals surface area contributed by atoms with Crippen molar-refractivity contribution >= 4 is 61.0 Å². The highest BCUT2D eigenvalue weighted by Crippen LogP contribution is 2.24. The first-order valence-corrected chi connectivity index (χ1v) is 6.01. The summed E-state index contributed by atoms with van der Waals surface area (Å²) < 4.78 is 2.35. The Labute approximate surface area is 108 Å². The Kier molecular flexibility index (Phi) is 2.86. The minimum atomic E-state index is 0.166. The van der Waals surface area contributed by atoms with Gasteiger partial charge < -0.3 is 5.21 Å². The molecule has 14 heavy (non-hydrogen) atoms. The van der Waals surface area contributed by atoms with Crippen molar-refractivity contribution in [3.05, 3.63) is 42.7 Å². The fourth-order valence-corrected chi connectivity index (χ4v) is 2.24. The summed E-state index contributed by atoms with van der Waals surface area (Å²) in [5.74, 6) is 0. The van der Waals surface area contributed by atoms with Crippen molar-refractivity contribution in [2.75, 3.05) is 0 Å². The molecular weight excluding hydrogens is 380 g/mol. The van der Waals surface area contributed by atoms with E-state index in [1.165, 1.54) is 0 Å². The molecule has 0 bridgehead atoms. The van der Waals surface area contributed by atoms with E-state index >= 15 is 0 Å². The van der Waals surface area contributed by atoms with Gasteiger partial charge in [0.1, 0.15) is 4.47 Å². The van der Waals surface area contributed by atoms with E-state index < -0.39 is 0 Å². The number of benzene rings is 1. The molecule has 0 atom stereocenters. The molecule has 2 aromatic rings. The van der Waals surface area contributed by atoms with E-state index in [-0.39, 0.29) is 5.15 Å². The van der Waals surface area contributed by atoms with Crippen LogP contribution in [0.5, 0.6) is 0 Å². The number of fused-ring (bicyclic) bond motifs is 1. The molecule has 72 valence electrons. The quantitative estimate of drug-likeness (QED) is 0.296. The molecule has 1 aromatic carbocycles. The molecule has 1 aromatic heterocycles. The Hall–Kier alpha value is -0.0700. The molecule has 0 radical (unpaired) electrons. The maximum atomic E-state index is 11.7. The summed E-state index contributed by atoms with van der Waals surface area (Å²) in [6, 6.07) is 7.49. The first-order valence-electron chi connectivity index (χ1n) is 3.76. The van der Waals surface area contributed by atoms with E-state index in [0.29, 0.717) is 9.99 Å². The summed E-state index contributed by atoms with van der Waals surface area (Å²) >= 11 is 11.2. The zero-order valence-electron chi connectivity index (χ0n) is 6.80. The van der Waals surface area contributed by atoms with Crippen molar-refractivity contribution in [2.45, 2.75) is 0 Å². The third-order valence-corrected chi connectivity index (χ3v) is 3.73. The molecular formula is C9H4BrClINO. The zero-order chi connectivity index (χ0) is 10.3. The summed E-state index contributed by atoms with van der Waals surface area (Å²) in [5, 5.41) is 12.7. The molecule has 0 amide bonds. The van der Waals surface area contributed by atoms with Crippen LogP contribution in [0.4, 0.5) is 0 Å². The van der Waals surface area contributed by atoms with Crippen molar-refractivity contribution in [2.24, 2.45) is 0 Å². The van der Waals surface area contributed by atoms with Gasteiger partial charge >= 0.3 is 5.15 Å². The molecule has 0 aliphatic rings. The molecule has 2 nitrogen and oxygen atoms in total. The van der Waals surface area contributed by atoms with E-state index in [4.69, 9.17) is 11.6 Å². The monoisotopic (exact) mass is 383 g/mol. The van der Waals surface area contributed by atoms with Gasteiger partial charge in [0.05, 0.1) is 0 Å². The zero-order valence-corrected chi connectivity index (χ0v) is 11.3. The van der Waals surface area contributed by atoms with Gasteiger partial charge in [0.15, 0.2) is 0 Å². The lowest BCUT2D eigenvalue weighted by molar-refractivity contribution is -0.575. The van der Waals surface area contributed by atoms with Crippen molar-refractivity contribution in [1.82, 2.24) is 0 Å². The maximum absolute atomic E-state index is 11.7. The van der Waals surface area contributed by atoms with E-state index in [2.05, 4.69) is 38.5 Å². The minimum Gasteiger partial charge on any atom is -0.617 e. The summed E-state index contributed by atoms with van der Waals surface area (Å²) in [5.41, 5.74) is 0.588. The molecule has 0 saturated heterocycles. The van der Waals surface area contributed by atoms with Crippen LogP contribution in [-0.2, 0) is 0 Å². The Morgan fingerprint density at radius 2 is 2.07 bits per heavy atom. The van der Waals surface area contributed by atoms with Crippen LogP contribution in [0, 0.1) is 8.78 Å². The van der Waals surface area contributed by atoms with Crippen LogP contribution >= 0.6 is 50.1 Å². The van der Waals surface area contributed by atoms with Gasteiger partial charge in [-0.3, -0.25) is 0 Å². The van der Waals surface area contributed by atoms with Crippen LogP contribution in [-0.4, -0.2) is 0 Å². The molecule has 0 spiro atoms. The van der Waals surface area contributed by atoms with Crippen LogP contribution in [0.3, 0.4) is 0 Å². The first kappa shape index (κ1) is 10.4. The number of rotatable bonds is 0. The highest BCUT2D eigenvalue weighted by atomic mass is 127. The molecule has 0 unspecified atom stereocenters. The van der Waals surface area contributed by atoms with Crippen LogP contribution < -0.4 is 4.73 Å². The number of hydrogen-bond acceptors (Lipinski definition) is 1. The standard InChI is InChI=1S/C9H4BrClINO/c10-7-3-5-1-2-6(12)4-8(5)13(14)9(7)11/h1-4H. The maximum Gasteiger partial charge on any atom is 0.301 e. The number of nitrogens with zero attached hydrogens (tertiary/aromatic N) is 1. The Morgan fingerprint density at radius 3 is 2.79 bits per heavy atom. The number of hydrogen-bond donors (Lipinski definition) is 0. The van der Waals surface area contributed by atoms with E-state index in [0.717, 1.165) is 13.7 Å². The van der Waals surface area contributed by atoms with Crippen LogP contribution in [0.1, 0.15) is 0 Å². The average molecular weight is 384 g/mol. The lowest BCUT2D eigenvalue weighted by Gasteiger charge is -2.04. The highest BCUT2D eigenvalue weighted by Gasteiger charge is 2.13. The highest BCUT2D eigenvalue weighted by molar-refractivity contribution is 14.1. The molecule has 2 rings (SSSR count). The van der Waals surface area contributed by atoms with Crippen molar-refractivity contribution < 1.29 is 4.73 Å². The molecule has 0 fully saturated rings. The fraction of sp³-hybridized carbons (Fsp3) is 0. The van der Waals surface area contributed by atoms with Gasteiger partial charge in [0, 0.05) is 15.0 Å². The number of aromatic nitrogens is 1. The third kappa shape index (κ3) is 1.70. The minimum absolute atomic E-state index is 0.166. The predicted molar refractivity (Wildman–Crippen MR) is 68.3 cm³/mol. The SMILES string of the molecule is [O-][n+]1c(Cl)c(Br)cc2ccc(I)cc21. The second-order valence-electron chi connectivity index (χ2n) is 2.78. The molecule has 0 aliphatic heterocycles. The lowest BCUT2D eigenvalue weighted by Crippen LogP contribution is -2.28. The Balaban J connectivity index is 2.92. The van der Waals surface area contributed by atoms with Gasteiger partial charge in [-0.25, -0.2) is 0 Å². The topological polar surface area (TPSA) is 26.9 Å². The first-order chi connectivity index (χ1) is 6.59. The number of pyridine rings is 1. The van der Waals surface area contributed by atoms with Gasteiger partial charge in [-0.2, -0.15) is 4.73 Å². The van der Waals surface area contributed by atoms with Crippen molar-refractivity contribution in [3.63, 3.8) is 0 Å². The Morgan fingerprint density at radius 1 is 1.36 bits per heavy atom. The number of halogens is 3. The van der Waals surface area contributed by atoms with Crippen molar-refractivity contribution in [3.8, 4) is 0 Å². The van der Waals surface area contributed by atoms with Crippen LogP contribution in [0.25, 0.3) is 10.9 Å². The third-order valence-electron chi connectivity index (χ3n) is 1.87. The summed E-state index contributed by atoms with van der Waals surface area (Å²) in [7, 11) is 0. The lowest BCUT2D eigenvalue weighted by atomic mass is 10.2. The fourth-order valence-electron chi connectivity index (χ4n) is 1.21. The summed E-state index contributed by atoms with van der Waals surface area (Å²) in [6.07, 6.45) is 0. The molecule has 0 N–H and O–H groups in total. The van der Waals surface area contributed by atoms with E-state index in [9.17, 15) is 5.21 Å². The van der Waals surface area contributed by atoms with Crippen LogP contribution in [0.2, 0.25) is 5.15 Å². The van der Waals surface area contributed by atoms with Gasteiger partial charge in [-0.05, 0) is 68.3 Å². The average Bonchev–Trinajstić information content (AvgIpc) is 2.16. The molecule has 5 heteroatoms. The smallest absolute Gasteiger partial charge is 0.301 e. The van der Waals surface area contributed by atoms with Gasteiger partial charge in [0.2, 0.25) is 5.52 Å². The second-order valence-corrected chi connectivity index (χ2v) is 5.24. The summed E-state index contributed by atoms with van der Waals surface area (Å²) in [4.78, 5) is 0. The van der Waals surface area contributed by atoms with E-state index in [1.807, 2.05) is 18.2 Å². The predicted octanol–water partition coefficient (Wildman–Crippen LogP) is 3.49. The Bertz CT molecular complexity index is 518. The van der Waals surface area contributed by atoms with Crippen LogP contribution in [0.15, 0.2) is 28.7 Å². The normalized spacial score (nSPS) is 10.8. The van der Waals surface area contributed by atoms with Gasteiger partial charge in [-0.15, -0.1) is 0 Å². The van der Waals surface area contributed by atoms with Gasteiger partial charge in [-0.1, -0.05) is 0 Å². The molecule has 0 aliphatic carbocycles.